The summed E-state index contributed by atoms with van der Waals surface area (Å²) in [5, 5.41) is 14.7. The summed E-state index contributed by atoms with van der Waals surface area (Å²) in [5.41, 5.74) is 0.979. The Bertz CT molecular complexity index is 669. The third kappa shape index (κ3) is 4.36. The van der Waals surface area contributed by atoms with Gasteiger partial charge < -0.3 is 20.5 Å². The Kier molecular flexibility index (Phi) is 5.33. The third-order valence-electron chi connectivity index (χ3n) is 4.73. The van der Waals surface area contributed by atoms with Crippen molar-refractivity contribution in [3.63, 3.8) is 0 Å². The maximum absolute atomic E-state index is 12.4. The van der Waals surface area contributed by atoms with Crippen LogP contribution >= 0.6 is 0 Å². The molecule has 1 saturated heterocycles. The largest absolute Gasteiger partial charge is 0.481 e. The van der Waals surface area contributed by atoms with Crippen LogP contribution < -0.4 is 10.6 Å². The Morgan fingerprint density at radius 1 is 1.16 bits per heavy atom. The highest BCUT2D eigenvalue weighted by Crippen LogP contribution is 2.26. The van der Waals surface area contributed by atoms with Gasteiger partial charge in [-0.05, 0) is 50.3 Å². The minimum Gasteiger partial charge on any atom is -0.481 e. The minimum absolute atomic E-state index is 0.126. The van der Waals surface area contributed by atoms with E-state index in [-0.39, 0.29) is 23.8 Å². The average molecular weight is 346 g/mol. The molecule has 1 aromatic rings. The number of hydrogen-bond donors (Lipinski definition) is 3. The van der Waals surface area contributed by atoms with Crippen LogP contribution in [0.1, 0.15) is 42.5 Å². The molecule has 1 heterocycles. The second-order valence-corrected chi connectivity index (χ2v) is 6.59. The lowest BCUT2D eigenvalue weighted by Gasteiger charge is -2.14. The lowest BCUT2D eigenvalue weighted by atomic mass is 10.1. The smallest absolute Gasteiger partial charge is 0.306 e. The fraction of sp³-hybridized carbons (Fsp3) is 0.500. The number of aliphatic carboxylic acids is 1. The summed E-state index contributed by atoms with van der Waals surface area (Å²) >= 11 is 0. The highest BCUT2D eigenvalue weighted by molar-refractivity contribution is 5.98. The molecule has 3 atom stereocenters. The van der Waals surface area contributed by atoms with Gasteiger partial charge in [0.1, 0.15) is 6.10 Å². The van der Waals surface area contributed by atoms with Crippen LogP contribution in [0.25, 0.3) is 0 Å². The van der Waals surface area contributed by atoms with Crippen LogP contribution in [0.5, 0.6) is 0 Å². The zero-order chi connectivity index (χ0) is 17.8. The number of rotatable bonds is 5. The van der Waals surface area contributed by atoms with Gasteiger partial charge >= 0.3 is 5.97 Å². The molecule has 1 saturated carbocycles. The summed E-state index contributed by atoms with van der Waals surface area (Å²) in [7, 11) is 0. The maximum Gasteiger partial charge on any atom is 0.306 e. The van der Waals surface area contributed by atoms with Crippen LogP contribution in [-0.2, 0) is 14.3 Å². The Hall–Kier alpha value is -2.41. The summed E-state index contributed by atoms with van der Waals surface area (Å²) in [6, 6.07) is 6.58. The van der Waals surface area contributed by atoms with Gasteiger partial charge in [0.05, 0.1) is 5.92 Å². The molecule has 1 aliphatic carbocycles. The predicted octanol–water partition coefficient (Wildman–Crippen LogP) is 1.79. The van der Waals surface area contributed by atoms with Crippen molar-refractivity contribution in [2.45, 2.75) is 44.2 Å². The quantitative estimate of drug-likeness (QED) is 0.754. The summed E-state index contributed by atoms with van der Waals surface area (Å²) in [6.07, 6.45) is 2.85. The lowest BCUT2D eigenvalue weighted by Crippen LogP contribution is -2.33. The van der Waals surface area contributed by atoms with Crippen molar-refractivity contribution >= 4 is 23.5 Å². The number of carboxylic acid groups (broad SMARTS) is 1. The van der Waals surface area contributed by atoms with Gasteiger partial charge in [0.15, 0.2) is 0 Å². The van der Waals surface area contributed by atoms with E-state index in [0.717, 1.165) is 6.42 Å². The molecule has 2 aliphatic rings. The van der Waals surface area contributed by atoms with Gasteiger partial charge in [-0.1, -0.05) is 6.07 Å². The van der Waals surface area contributed by atoms with E-state index < -0.39 is 12.1 Å². The molecule has 2 amide bonds. The van der Waals surface area contributed by atoms with Gasteiger partial charge in [-0.2, -0.15) is 0 Å². The van der Waals surface area contributed by atoms with E-state index in [0.29, 0.717) is 43.5 Å². The zero-order valence-corrected chi connectivity index (χ0v) is 13.9. The third-order valence-corrected chi connectivity index (χ3v) is 4.73. The predicted molar refractivity (Wildman–Crippen MR) is 90.3 cm³/mol. The SMILES string of the molecule is O=C(N[C@H]1CC[C@@H](C(=O)O)C1)c1cccc(NC(=O)C2CCCO2)c1. The minimum atomic E-state index is -0.810. The van der Waals surface area contributed by atoms with Crippen LogP contribution in [0, 0.1) is 5.92 Å². The molecule has 0 spiro atoms. The molecule has 25 heavy (non-hydrogen) atoms. The first-order valence-corrected chi connectivity index (χ1v) is 8.59. The van der Waals surface area contributed by atoms with E-state index in [1.807, 2.05) is 0 Å². The molecule has 3 rings (SSSR count). The number of carbonyl (C=O) groups excluding carboxylic acids is 2. The highest BCUT2D eigenvalue weighted by atomic mass is 16.5. The number of carboxylic acids is 1. The van der Waals surface area contributed by atoms with Gasteiger partial charge in [-0.3, -0.25) is 14.4 Å². The first-order chi connectivity index (χ1) is 12.0. The molecule has 3 N–H and O–H groups in total. The van der Waals surface area contributed by atoms with Crippen molar-refractivity contribution in [2.24, 2.45) is 5.92 Å². The van der Waals surface area contributed by atoms with E-state index in [1.165, 1.54) is 0 Å². The second kappa shape index (κ2) is 7.65. The van der Waals surface area contributed by atoms with Crippen molar-refractivity contribution < 1.29 is 24.2 Å². The maximum atomic E-state index is 12.4. The molecule has 0 radical (unpaired) electrons. The number of hydrogen-bond acceptors (Lipinski definition) is 4. The Labute approximate surface area is 145 Å². The van der Waals surface area contributed by atoms with Gasteiger partial charge in [-0.25, -0.2) is 0 Å². The Balaban J connectivity index is 1.58. The number of nitrogens with one attached hydrogen (secondary N) is 2. The highest BCUT2D eigenvalue weighted by Gasteiger charge is 2.30. The van der Waals surface area contributed by atoms with Crippen molar-refractivity contribution in [3.05, 3.63) is 29.8 Å². The standard InChI is InChI=1S/C18H22N2O5/c21-16(19-14-7-6-12(10-14)18(23)24)11-3-1-4-13(9-11)20-17(22)15-5-2-8-25-15/h1,3-4,9,12,14-15H,2,5-8,10H2,(H,19,21)(H,20,22)(H,23,24)/t12-,14+,15?/m1/s1. The summed E-state index contributed by atoms with van der Waals surface area (Å²) in [5.74, 6) is -1.66. The van der Waals surface area contributed by atoms with Gasteiger partial charge in [0, 0.05) is 23.9 Å². The van der Waals surface area contributed by atoms with Gasteiger partial charge in [-0.15, -0.1) is 0 Å². The molecular formula is C18H22N2O5. The topological polar surface area (TPSA) is 105 Å². The van der Waals surface area contributed by atoms with Crippen molar-refractivity contribution in [3.8, 4) is 0 Å². The average Bonchev–Trinajstić information content (AvgIpc) is 3.27. The number of anilines is 1. The van der Waals surface area contributed by atoms with E-state index in [1.54, 1.807) is 24.3 Å². The van der Waals surface area contributed by atoms with E-state index in [9.17, 15) is 14.4 Å². The molecule has 1 unspecified atom stereocenters. The van der Waals surface area contributed by atoms with Crippen LogP contribution in [-0.4, -0.2) is 41.6 Å². The fourth-order valence-corrected chi connectivity index (χ4v) is 3.35. The zero-order valence-electron chi connectivity index (χ0n) is 13.9. The first-order valence-electron chi connectivity index (χ1n) is 8.59. The monoisotopic (exact) mass is 346 g/mol. The Morgan fingerprint density at radius 2 is 2.00 bits per heavy atom. The molecule has 0 aromatic heterocycles. The second-order valence-electron chi connectivity index (χ2n) is 6.59. The number of benzene rings is 1. The number of carbonyl (C=O) groups is 3. The van der Waals surface area contributed by atoms with Crippen molar-refractivity contribution in [1.29, 1.82) is 0 Å². The molecule has 0 bridgehead atoms. The van der Waals surface area contributed by atoms with Gasteiger partial charge in [0.25, 0.3) is 11.8 Å². The summed E-state index contributed by atoms with van der Waals surface area (Å²) in [4.78, 5) is 35.5. The molecule has 2 fully saturated rings. The van der Waals surface area contributed by atoms with E-state index in [4.69, 9.17) is 9.84 Å². The van der Waals surface area contributed by atoms with E-state index in [2.05, 4.69) is 10.6 Å². The van der Waals surface area contributed by atoms with Crippen LogP contribution in [0.2, 0.25) is 0 Å². The molecular weight excluding hydrogens is 324 g/mol. The summed E-state index contributed by atoms with van der Waals surface area (Å²) < 4.78 is 5.34. The molecule has 7 heteroatoms. The van der Waals surface area contributed by atoms with E-state index >= 15 is 0 Å². The summed E-state index contributed by atoms with van der Waals surface area (Å²) in [6.45, 7) is 0.596. The van der Waals surface area contributed by atoms with Crippen LogP contribution in [0.15, 0.2) is 24.3 Å². The van der Waals surface area contributed by atoms with Crippen molar-refractivity contribution in [1.82, 2.24) is 5.32 Å². The number of amides is 2. The molecule has 1 aliphatic heterocycles. The van der Waals surface area contributed by atoms with Crippen LogP contribution in [0.4, 0.5) is 5.69 Å². The van der Waals surface area contributed by atoms with Gasteiger partial charge in [0.2, 0.25) is 0 Å². The normalized spacial score (nSPS) is 25.5. The van der Waals surface area contributed by atoms with Crippen LogP contribution in [0.3, 0.4) is 0 Å². The Morgan fingerprint density at radius 3 is 2.68 bits per heavy atom. The number of ether oxygens (including phenoxy) is 1. The van der Waals surface area contributed by atoms with Crippen molar-refractivity contribution in [2.75, 3.05) is 11.9 Å². The first kappa shape index (κ1) is 17.4. The molecule has 7 nitrogen and oxygen atoms in total. The lowest BCUT2D eigenvalue weighted by molar-refractivity contribution is -0.141. The molecule has 134 valence electrons. The fourth-order valence-electron chi connectivity index (χ4n) is 3.35. The molecule has 1 aromatic carbocycles.